The van der Waals surface area contributed by atoms with Crippen LogP contribution in [0.15, 0.2) is 29.1 Å². The van der Waals surface area contributed by atoms with Crippen molar-refractivity contribution < 1.29 is 13.9 Å². The number of amides is 1. The number of aromatic nitrogens is 1. The molecule has 0 atom stereocenters. The van der Waals surface area contributed by atoms with Gasteiger partial charge in [0.2, 0.25) is 0 Å². The van der Waals surface area contributed by atoms with E-state index in [0.29, 0.717) is 5.75 Å². The Hall–Kier alpha value is -1.95. The number of rotatable bonds is 4. The van der Waals surface area contributed by atoms with Gasteiger partial charge in [-0.1, -0.05) is 0 Å². The van der Waals surface area contributed by atoms with Crippen LogP contribution in [0.25, 0.3) is 0 Å². The summed E-state index contributed by atoms with van der Waals surface area (Å²) in [6, 6.07) is 4.11. The molecule has 0 aliphatic rings. The number of carbonyl (C=O) groups excluding carboxylic acids is 1. The van der Waals surface area contributed by atoms with E-state index in [2.05, 4.69) is 10.3 Å². The maximum Gasteiger partial charge on any atom is 0.254 e. The van der Waals surface area contributed by atoms with Gasteiger partial charge >= 0.3 is 0 Å². The summed E-state index contributed by atoms with van der Waals surface area (Å²) in [4.78, 5) is 15.8. The summed E-state index contributed by atoms with van der Waals surface area (Å²) in [7, 11) is 1.44. The van der Waals surface area contributed by atoms with Crippen LogP contribution in [-0.2, 0) is 6.54 Å². The van der Waals surface area contributed by atoms with Crippen LogP contribution >= 0.6 is 11.3 Å². The summed E-state index contributed by atoms with van der Waals surface area (Å²) in [5.41, 5.74) is 2.42. The third kappa shape index (κ3) is 2.84. The third-order valence-corrected chi connectivity index (χ3v) is 2.97. The van der Waals surface area contributed by atoms with Crippen molar-refractivity contribution in [2.75, 3.05) is 7.11 Å². The molecule has 0 unspecified atom stereocenters. The van der Waals surface area contributed by atoms with Gasteiger partial charge in [0.05, 0.1) is 30.4 Å². The molecular weight excluding hydrogens is 255 g/mol. The van der Waals surface area contributed by atoms with Crippen LogP contribution in [0.4, 0.5) is 4.39 Å². The molecule has 1 N–H and O–H groups in total. The Morgan fingerprint density at radius 3 is 3.00 bits per heavy atom. The average Bonchev–Trinajstić information content (AvgIpc) is 2.88. The van der Waals surface area contributed by atoms with E-state index in [1.807, 2.05) is 5.38 Å². The molecule has 1 amide bonds. The first-order chi connectivity index (χ1) is 8.70. The molecule has 0 fully saturated rings. The summed E-state index contributed by atoms with van der Waals surface area (Å²) in [5, 5.41) is 4.43. The number of nitrogens with zero attached hydrogens (tertiary/aromatic N) is 1. The van der Waals surface area contributed by atoms with Crippen molar-refractivity contribution in [3.63, 3.8) is 0 Å². The highest BCUT2D eigenvalue weighted by molar-refractivity contribution is 7.07. The standard InChI is InChI=1S/C12H11FN2O2S/c1-17-9-2-3-10(11(13)4-9)12(16)14-5-8-6-18-7-15-8/h2-4,6-7H,5H2,1H3,(H,14,16). The van der Waals surface area contributed by atoms with Crippen LogP contribution in [0.3, 0.4) is 0 Å². The largest absolute Gasteiger partial charge is 0.497 e. The van der Waals surface area contributed by atoms with Gasteiger partial charge in [-0.2, -0.15) is 0 Å². The number of thiazole rings is 1. The van der Waals surface area contributed by atoms with Crippen molar-refractivity contribution >= 4 is 17.2 Å². The molecular formula is C12H11FN2O2S. The number of ether oxygens (including phenoxy) is 1. The number of hydrogen-bond donors (Lipinski definition) is 1. The maximum absolute atomic E-state index is 13.6. The van der Waals surface area contributed by atoms with Crippen molar-refractivity contribution in [1.82, 2.24) is 10.3 Å². The van der Waals surface area contributed by atoms with E-state index in [-0.39, 0.29) is 12.1 Å². The van der Waals surface area contributed by atoms with Crippen LogP contribution in [0.5, 0.6) is 5.75 Å². The molecule has 6 heteroatoms. The lowest BCUT2D eigenvalue weighted by atomic mass is 10.2. The lowest BCUT2D eigenvalue weighted by Crippen LogP contribution is -2.23. The third-order valence-electron chi connectivity index (χ3n) is 2.33. The zero-order chi connectivity index (χ0) is 13.0. The number of carbonyl (C=O) groups is 1. The molecule has 4 nitrogen and oxygen atoms in total. The van der Waals surface area contributed by atoms with Crippen LogP contribution in [0, 0.1) is 5.82 Å². The van der Waals surface area contributed by atoms with Crippen LogP contribution < -0.4 is 10.1 Å². The fraction of sp³-hybridized carbons (Fsp3) is 0.167. The van der Waals surface area contributed by atoms with Gasteiger partial charge in [0.25, 0.3) is 5.91 Å². The SMILES string of the molecule is COc1ccc(C(=O)NCc2cscn2)c(F)c1. The summed E-state index contributed by atoms with van der Waals surface area (Å²) in [6.45, 7) is 0.286. The van der Waals surface area contributed by atoms with Gasteiger partial charge in [-0.05, 0) is 12.1 Å². The van der Waals surface area contributed by atoms with E-state index in [1.54, 1.807) is 11.6 Å². The lowest BCUT2D eigenvalue weighted by Gasteiger charge is -2.06. The van der Waals surface area contributed by atoms with E-state index < -0.39 is 11.7 Å². The quantitative estimate of drug-likeness (QED) is 0.923. The molecule has 2 rings (SSSR count). The zero-order valence-corrected chi connectivity index (χ0v) is 10.5. The second kappa shape index (κ2) is 5.59. The van der Waals surface area contributed by atoms with Gasteiger partial charge in [0.15, 0.2) is 0 Å². The number of nitrogens with one attached hydrogen (secondary N) is 1. The Morgan fingerprint density at radius 1 is 1.56 bits per heavy atom. The van der Waals surface area contributed by atoms with E-state index >= 15 is 0 Å². The Balaban J connectivity index is 2.04. The van der Waals surface area contributed by atoms with Crippen LogP contribution in [0.1, 0.15) is 16.1 Å². The first-order valence-electron chi connectivity index (χ1n) is 5.19. The summed E-state index contributed by atoms with van der Waals surface area (Å²) < 4.78 is 18.5. The minimum atomic E-state index is -0.606. The highest BCUT2D eigenvalue weighted by Gasteiger charge is 2.12. The molecule has 0 saturated carbocycles. The predicted octanol–water partition coefficient (Wildman–Crippen LogP) is 2.22. The van der Waals surface area contributed by atoms with Crippen LogP contribution in [0.2, 0.25) is 0 Å². The summed E-state index contributed by atoms with van der Waals surface area (Å²) in [6.07, 6.45) is 0. The Morgan fingerprint density at radius 2 is 2.39 bits per heavy atom. The van der Waals surface area contributed by atoms with Gasteiger partial charge < -0.3 is 10.1 Å². The molecule has 0 saturated heterocycles. The van der Waals surface area contributed by atoms with Crippen molar-refractivity contribution in [1.29, 1.82) is 0 Å². The van der Waals surface area contributed by atoms with Gasteiger partial charge in [-0.3, -0.25) is 4.79 Å². The first-order valence-corrected chi connectivity index (χ1v) is 6.14. The molecule has 0 spiro atoms. The molecule has 2 aromatic rings. The predicted molar refractivity (Wildman–Crippen MR) is 66.2 cm³/mol. The fourth-order valence-corrected chi connectivity index (χ4v) is 1.96. The van der Waals surface area contributed by atoms with Crippen molar-refractivity contribution in [2.24, 2.45) is 0 Å². The smallest absolute Gasteiger partial charge is 0.254 e. The first kappa shape index (κ1) is 12.5. The molecule has 94 valence electrons. The Labute approximate surface area is 107 Å². The summed E-state index contributed by atoms with van der Waals surface area (Å²) in [5.74, 6) is -0.697. The van der Waals surface area contributed by atoms with E-state index in [0.717, 1.165) is 5.69 Å². The van der Waals surface area contributed by atoms with Crippen molar-refractivity contribution in [3.05, 3.63) is 46.2 Å². The topological polar surface area (TPSA) is 51.2 Å². The minimum absolute atomic E-state index is 0.00831. The molecule has 0 aliphatic carbocycles. The second-order valence-corrected chi connectivity index (χ2v) is 4.23. The van der Waals surface area contributed by atoms with Crippen LogP contribution in [-0.4, -0.2) is 18.0 Å². The van der Waals surface area contributed by atoms with Crippen molar-refractivity contribution in [3.8, 4) is 5.75 Å². The van der Waals surface area contributed by atoms with E-state index in [4.69, 9.17) is 4.74 Å². The lowest BCUT2D eigenvalue weighted by molar-refractivity contribution is 0.0946. The molecule has 0 aliphatic heterocycles. The second-order valence-electron chi connectivity index (χ2n) is 3.51. The highest BCUT2D eigenvalue weighted by atomic mass is 32.1. The minimum Gasteiger partial charge on any atom is -0.497 e. The molecule has 1 aromatic carbocycles. The molecule has 1 aromatic heterocycles. The highest BCUT2D eigenvalue weighted by Crippen LogP contribution is 2.16. The van der Waals surface area contributed by atoms with E-state index in [1.165, 1.54) is 30.6 Å². The molecule has 18 heavy (non-hydrogen) atoms. The molecule has 1 heterocycles. The monoisotopic (exact) mass is 266 g/mol. The number of methoxy groups -OCH3 is 1. The zero-order valence-electron chi connectivity index (χ0n) is 9.64. The maximum atomic E-state index is 13.6. The summed E-state index contributed by atoms with van der Waals surface area (Å²) >= 11 is 1.44. The van der Waals surface area contributed by atoms with Gasteiger partial charge in [0, 0.05) is 11.4 Å². The molecule has 0 radical (unpaired) electrons. The number of benzene rings is 1. The average molecular weight is 266 g/mol. The Kier molecular flexibility index (Phi) is 3.88. The van der Waals surface area contributed by atoms with Gasteiger partial charge in [0.1, 0.15) is 11.6 Å². The Bertz CT molecular complexity index is 543. The molecule has 0 bridgehead atoms. The number of hydrogen-bond acceptors (Lipinski definition) is 4. The van der Waals surface area contributed by atoms with Crippen molar-refractivity contribution in [2.45, 2.75) is 6.54 Å². The number of halogens is 1. The van der Waals surface area contributed by atoms with Gasteiger partial charge in [-0.15, -0.1) is 11.3 Å². The van der Waals surface area contributed by atoms with Gasteiger partial charge in [-0.25, -0.2) is 9.37 Å². The normalized spacial score (nSPS) is 10.1. The fourth-order valence-electron chi connectivity index (χ4n) is 1.40. The van der Waals surface area contributed by atoms with E-state index in [9.17, 15) is 9.18 Å².